The number of methoxy groups -OCH3 is 1. The Morgan fingerprint density at radius 3 is 2.56 bits per heavy atom. The third-order valence-corrected chi connectivity index (χ3v) is 4.04. The lowest BCUT2D eigenvalue weighted by Crippen LogP contribution is -2.21. The zero-order chi connectivity index (χ0) is 18.1. The number of hydrogen-bond acceptors (Lipinski definition) is 4. The van der Waals surface area contributed by atoms with E-state index in [4.69, 9.17) is 21.1 Å². The molecule has 0 aliphatic rings. The highest BCUT2D eigenvalue weighted by Gasteiger charge is 2.13. The average Bonchev–Trinajstić information content (AvgIpc) is 2.60. The number of ether oxygens (including phenoxy) is 2. The molecular weight excluding hydrogens is 336 g/mol. The van der Waals surface area contributed by atoms with Gasteiger partial charge in [0.05, 0.1) is 7.11 Å². The molecule has 0 unspecified atom stereocenters. The minimum atomic E-state index is 0.493. The zero-order valence-corrected chi connectivity index (χ0v) is 16.0. The van der Waals surface area contributed by atoms with Crippen LogP contribution in [-0.4, -0.2) is 39.2 Å². The minimum Gasteiger partial charge on any atom is -0.493 e. The molecule has 2 aromatic rings. The van der Waals surface area contributed by atoms with Gasteiger partial charge in [-0.15, -0.1) is 0 Å². The number of rotatable bonds is 10. The van der Waals surface area contributed by atoms with E-state index in [1.807, 2.05) is 36.4 Å². The Hall–Kier alpha value is -1.75. The van der Waals surface area contributed by atoms with Crippen molar-refractivity contribution >= 4 is 11.6 Å². The van der Waals surface area contributed by atoms with E-state index >= 15 is 0 Å². The largest absolute Gasteiger partial charge is 0.493 e. The van der Waals surface area contributed by atoms with Crippen molar-refractivity contribution in [2.45, 2.75) is 19.6 Å². The van der Waals surface area contributed by atoms with Gasteiger partial charge in [0.1, 0.15) is 6.61 Å². The highest BCUT2D eigenvalue weighted by atomic mass is 35.5. The molecule has 2 rings (SSSR count). The van der Waals surface area contributed by atoms with Gasteiger partial charge in [0, 0.05) is 23.2 Å². The molecule has 0 bridgehead atoms. The van der Waals surface area contributed by atoms with Crippen molar-refractivity contribution in [3.63, 3.8) is 0 Å². The predicted molar refractivity (Wildman–Crippen MR) is 104 cm³/mol. The van der Waals surface area contributed by atoms with Gasteiger partial charge in [-0.2, -0.15) is 0 Å². The molecule has 0 atom stereocenters. The van der Waals surface area contributed by atoms with Crippen molar-refractivity contribution < 1.29 is 9.47 Å². The summed E-state index contributed by atoms with van der Waals surface area (Å²) < 4.78 is 11.5. The van der Waals surface area contributed by atoms with Gasteiger partial charge in [-0.1, -0.05) is 41.9 Å². The molecule has 0 spiro atoms. The molecule has 0 heterocycles. The van der Waals surface area contributed by atoms with E-state index in [1.54, 1.807) is 13.2 Å². The first kappa shape index (κ1) is 19.6. The Kier molecular flexibility index (Phi) is 8.06. The van der Waals surface area contributed by atoms with Gasteiger partial charge in [0.2, 0.25) is 0 Å². The summed E-state index contributed by atoms with van der Waals surface area (Å²) in [6.07, 6.45) is 1.09. The maximum atomic E-state index is 6.23. The molecule has 25 heavy (non-hydrogen) atoms. The molecule has 0 saturated heterocycles. The lowest BCUT2D eigenvalue weighted by atomic mass is 10.1. The SMILES string of the molecule is COc1cc(Cl)cc(CNCCCN(C)C)c1OCc1ccccc1. The third-order valence-electron chi connectivity index (χ3n) is 3.82. The van der Waals surface area contributed by atoms with Crippen LogP contribution in [0.5, 0.6) is 11.5 Å². The quantitative estimate of drug-likeness (QED) is 0.648. The second-order valence-corrected chi connectivity index (χ2v) is 6.64. The fourth-order valence-corrected chi connectivity index (χ4v) is 2.77. The molecule has 1 N–H and O–H groups in total. The maximum Gasteiger partial charge on any atom is 0.166 e. The molecule has 0 fully saturated rings. The van der Waals surface area contributed by atoms with Crippen molar-refractivity contribution in [3.8, 4) is 11.5 Å². The Bertz CT molecular complexity index is 648. The summed E-state index contributed by atoms with van der Waals surface area (Å²) in [5.41, 5.74) is 2.12. The topological polar surface area (TPSA) is 33.7 Å². The van der Waals surface area contributed by atoms with Crippen molar-refractivity contribution in [3.05, 3.63) is 58.6 Å². The Balaban J connectivity index is 2.04. The summed E-state index contributed by atoms with van der Waals surface area (Å²) in [6.45, 7) is 3.18. The smallest absolute Gasteiger partial charge is 0.166 e. The van der Waals surface area contributed by atoms with Crippen LogP contribution in [0.3, 0.4) is 0 Å². The van der Waals surface area contributed by atoms with Crippen LogP contribution in [0.15, 0.2) is 42.5 Å². The van der Waals surface area contributed by atoms with E-state index in [2.05, 4.69) is 24.3 Å². The van der Waals surface area contributed by atoms with Gasteiger partial charge < -0.3 is 19.7 Å². The van der Waals surface area contributed by atoms with Crippen molar-refractivity contribution in [1.82, 2.24) is 10.2 Å². The Morgan fingerprint density at radius 2 is 1.88 bits per heavy atom. The molecule has 136 valence electrons. The van der Waals surface area contributed by atoms with Crippen LogP contribution in [0.4, 0.5) is 0 Å². The number of halogens is 1. The first-order valence-electron chi connectivity index (χ1n) is 8.48. The van der Waals surface area contributed by atoms with Crippen molar-refractivity contribution in [2.75, 3.05) is 34.3 Å². The van der Waals surface area contributed by atoms with Gasteiger partial charge in [0.15, 0.2) is 11.5 Å². The second-order valence-electron chi connectivity index (χ2n) is 6.20. The summed E-state index contributed by atoms with van der Waals surface area (Å²) >= 11 is 6.23. The fraction of sp³-hybridized carbons (Fsp3) is 0.400. The third kappa shape index (κ3) is 6.58. The first-order chi connectivity index (χ1) is 12.1. The average molecular weight is 363 g/mol. The molecule has 0 aliphatic carbocycles. The predicted octanol–water partition coefficient (Wildman–Crippen LogP) is 3.97. The summed E-state index contributed by atoms with van der Waals surface area (Å²) in [7, 11) is 5.80. The number of benzene rings is 2. The molecule has 2 aromatic carbocycles. The summed E-state index contributed by atoms with van der Waals surface area (Å²) in [4.78, 5) is 2.18. The normalized spacial score (nSPS) is 10.9. The van der Waals surface area contributed by atoms with Crippen molar-refractivity contribution in [2.24, 2.45) is 0 Å². The monoisotopic (exact) mass is 362 g/mol. The van der Waals surface area contributed by atoms with Gasteiger partial charge in [-0.05, 0) is 45.2 Å². The zero-order valence-electron chi connectivity index (χ0n) is 15.2. The number of nitrogens with one attached hydrogen (secondary N) is 1. The lowest BCUT2D eigenvalue weighted by Gasteiger charge is -2.17. The molecule has 0 saturated carbocycles. The maximum absolute atomic E-state index is 6.23. The van der Waals surface area contributed by atoms with E-state index < -0.39 is 0 Å². The van der Waals surface area contributed by atoms with E-state index in [9.17, 15) is 0 Å². The molecule has 5 heteroatoms. The highest BCUT2D eigenvalue weighted by molar-refractivity contribution is 6.30. The standard InChI is InChI=1S/C20H27ClN2O2/c1-23(2)11-7-10-22-14-17-12-18(21)13-19(24-3)20(17)25-15-16-8-5-4-6-9-16/h4-6,8-9,12-13,22H,7,10-11,14-15H2,1-3H3. The van der Waals surface area contributed by atoms with Crippen LogP contribution in [0, 0.1) is 0 Å². The van der Waals surface area contributed by atoms with Gasteiger partial charge in [-0.3, -0.25) is 0 Å². The molecule has 0 radical (unpaired) electrons. The van der Waals surface area contributed by atoms with Crippen LogP contribution < -0.4 is 14.8 Å². The molecule has 0 aromatic heterocycles. The van der Waals surface area contributed by atoms with Crippen LogP contribution >= 0.6 is 11.6 Å². The first-order valence-corrected chi connectivity index (χ1v) is 8.86. The number of hydrogen-bond donors (Lipinski definition) is 1. The Morgan fingerprint density at radius 1 is 1.12 bits per heavy atom. The molecule has 0 aliphatic heterocycles. The summed E-state index contributed by atoms with van der Waals surface area (Å²) in [6, 6.07) is 13.8. The minimum absolute atomic E-state index is 0.493. The van der Waals surface area contributed by atoms with Crippen LogP contribution in [0.25, 0.3) is 0 Å². The van der Waals surface area contributed by atoms with Crippen LogP contribution in [0.1, 0.15) is 17.5 Å². The van der Waals surface area contributed by atoms with Gasteiger partial charge in [0.25, 0.3) is 0 Å². The van der Waals surface area contributed by atoms with E-state index in [0.717, 1.165) is 36.4 Å². The van der Waals surface area contributed by atoms with Gasteiger partial charge >= 0.3 is 0 Å². The van der Waals surface area contributed by atoms with E-state index in [0.29, 0.717) is 23.9 Å². The fourth-order valence-electron chi connectivity index (χ4n) is 2.54. The second kappa shape index (κ2) is 10.3. The molecular formula is C20H27ClN2O2. The number of nitrogens with zero attached hydrogens (tertiary/aromatic N) is 1. The van der Waals surface area contributed by atoms with Gasteiger partial charge in [-0.25, -0.2) is 0 Å². The van der Waals surface area contributed by atoms with E-state index in [1.165, 1.54) is 0 Å². The molecule has 4 nitrogen and oxygen atoms in total. The van der Waals surface area contributed by atoms with Crippen molar-refractivity contribution in [1.29, 1.82) is 0 Å². The van der Waals surface area contributed by atoms with E-state index in [-0.39, 0.29) is 0 Å². The summed E-state index contributed by atoms with van der Waals surface area (Å²) in [5.74, 6) is 1.41. The summed E-state index contributed by atoms with van der Waals surface area (Å²) in [5, 5.41) is 4.10. The Labute approximate surface area is 155 Å². The van der Waals surface area contributed by atoms with Crippen LogP contribution in [0.2, 0.25) is 5.02 Å². The lowest BCUT2D eigenvalue weighted by molar-refractivity contribution is 0.280. The molecule has 0 amide bonds. The van der Waals surface area contributed by atoms with Crippen LogP contribution in [-0.2, 0) is 13.2 Å². The highest BCUT2D eigenvalue weighted by Crippen LogP contribution is 2.35.